The molecule has 2 atom stereocenters. The van der Waals surface area contributed by atoms with Gasteiger partial charge >= 0.3 is 6.03 Å². The van der Waals surface area contributed by atoms with Crippen molar-refractivity contribution in [2.75, 3.05) is 18.4 Å². The van der Waals surface area contributed by atoms with Crippen LogP contribution in [0.25, 0.3) is 0 Å². The van der Waals surface area contributed by atoms with Gasteiger partial charge in [0.1, 0.15) is 0 Å². The van der Waals surface area contributed by atoms with Crippen molar-refractivity contribution in [3.05, 3.63) is 64.7 Å². The van der Waals surface area contributed by atoms with Crippen molar-refractivity contribution >= 4 is 29.2 Å². The Balaban J connectivity index is 1.29. The summed E-state index contributed by atoms with van der Waals surface area (Å²) in [5, 5.41) is 6.21. The first-order valence-corrected chi connectivity index (χ1v) is 11.2. The van der Waals surface area contributed by atoms with Gasteiger partial charge in [-0.1, -0.05) is 49.1 Å². The van der Waals surface area contributed by atoms with Crippen LogP contribution < -0.4 is 10.6 Å². The van der Waals surface area contributed by atoms with Crippen molar-refractivity contribution in [3.8, 4) is 0 Å². The molecule has 0 spiro atoms. The Bertz CT molecular complexity index is 900. The Morgan fingerprint density at radius 1 is 0.967 bits per heavy atom. The lowest BCUT2D eigenvalue weighted by molar-refractivity contribution is 0.0521. The van der Waals surface area contributed by atoms with Crippen LogP contribution >= 0.6 is 11.6 Å². The average molecular weight is 426 g/mol. The van der Waals surface area contributed by atoms with Gasteiger partial charge in [0.05, 0.1) is 0 Å². The van der Waals surface area contributed by atoms with Crippen LogP contribution in [0.15, 0.2) is 48.5 Å². The highest BCUT2D eigenvalue weighted by Crippen LogP contribution is 2.36. The number of likely N-dealkylation sites (tertiary alicyclic amines) is 1. The molecule has 3 amide bonds. The predicted molar refractivity (Wildman–Crippen MR) is 120 cm³/mol. The van der Waals surface area contributed by atoms with Gasteiger partial charge in [-0.15, -0.1) is 0 Å². The zero-order chi connectivity index (χ0) is 20.9. The third kappa shape index (κ3) is 4.96. The largest absolute Gasteiger partial charge is 0.338 e. The molecule has 2 N–H and O–H groups in total. The maximum Gasteiger partial charge on any atom is 0.319 e. The molecule has 2 aromatic rings. The average Bonchev–Trinajstić information content (AvgIpc) is 2.78. The minimum absolute atomic E-state index is 0.0914. The molecule has 158 valence electrons. The second-order valence-electron chi connectivity index (χ2n) is 8.32. The maximum absolute atomic E-state index is 12.9. The summed E-state index contributed by atoms with van der Waals surface area (Å²) in [6.07, 6.45) is 6.34. The molecular formula is C24H28ClN3O2. The number of carbonyl (C=O) groups excluding carboxylic acids is 2. The summed E-state index contributed by atoms with van der Waals surface area (Å²) in [7, 11) is 0. The Kier molecular flexibility index (Phi) is 6.58. The molecule has 0 unspecified atom stereocenters. The van der Waals surface area contributed by atoms with E-state index in [1.807, 2.05) is 23.1 Å². The van der Waals surface area contributed by atoms with Gasteiger partial charge in [0.15, 0.2) is 0 Å². The summed E-state index contributed by atoms with van der Waals surface area (Å²) < 4.78 is 0. The molecule has 2 fully saturated rings. The number of halogens is 1. The summed E-state index contributed by atoms with van der Waals surface area (Å²) in [4.78, 5) is 27.1. The van der Waals surface area contributed by atoms with E-state index >= 15 is 0 Å². The van der Waals surface area contributed by atoms with Crippen LogP contribution in [-0.4, -0.2) is 29.9 Å². The number of hydrogen-bond donors (Lipinski definition) is 2. The molecule has 2 aromatic carbocycles. The fourth-order valence-corrected chi connectivity index (χ4v) is 4.86. The van der Waals surface area contributed by atoms with Gasteiger partial charge < -0.3 is 15.5 Å². The van der Waals surface area contributed by atoms with Gasteiger partial charge in [0, 0.05) is 35.9 Å². The highest BCUT2D eigenvalue weighted by Gasteiger charge is 2.33. The van der Waals surface area contributed by atoms with Gasteiger partial charge in [0.25, 0.3) is 5.91 Å². The number of anilines is 1. The number of carbonyl (C=O) groups is 2. The van der Waals surface area contributed by atoms with Gasteiger partial charge in [-0.05, 0) is 60.6 Å². The fourth-order valence-electron chi connectivity index (χ4n) is 4.66. The quantitative estimate of drug-likeness (QED) is 0.696. The van der Waals surface area contributed by atoms with Gasteiger partial charge in [-0.3, -0.25) is 4.79 Å². The summed E-state index contributed by atoms with van der Waals surface area (Å²) in [6.45, 7) is 2.08. The molecule has 2 aliphatic rings. The number of rotatable bonds is 4. The third-order valence-electron chi connectivity index (χ3n) is 6.37. The van der Waals surface area contributed by atoms with Crippen LogP contribution in [0, 0.1) is 11.8 Å². The molecule has 1 aliphatic carbocycles. The number of nitrogens with zero attached hydrogens (tertiary/aromatic N) is 1. The monoisotopic (exact) mass is 425 g/mol. The topological polar surface area (TPSA) is 61.4 Å². The third-order valence-corrected chi connectivity index (χ3v) is 6.73. The second kappa shape index (κ2) is 9.52. The van der Waals surface area contributed by atoms with E-state index in [-0.39, 0.29) is 11.9 Å². The molecule has 1 aliphatic heterocycles. The molecule has 0 aromatic heterocycles. The number of benzene rings is 2. The Labute approximate surface area is 182 Å². The Morgan fingerprint density at radius 2 is 1.70 bits per heavy atom. The zero-order valence-corrected chi connectivity index (χ0v) is 17.8. The van der Waals surface area contributed by atoms with Crippen molar-refractivity contribution in [2.45, 2.75) is 38.6 Å². The Hall–Kier alpha value is -2.53. The molecule has 6 heteroatoms. The summed E-state index contributed by atoms with van der Waals surface area (Å²) >= 11 is 6.11. The smallest absolute Gasteiger partial charge is 0.319 e. The highest BCUT2D eigenvalue weighted by molar-refractivity contribution is 6.31. The normalized spacial score (nSPS) is 20.9. The van der Waals surface area contributed by atoms with Crippen molar-refractivity contribution in [1.82, 2.24) is 10.2 Å². The first kappa shape index (κ1) is 20.7. The molecule has 30 heavy (non-hydrogen) atoms. The zero-order valence-electron chi connectivity index (χ0n) is 17.1. The van der Waals surface area contributed by atoms with Crippen LogP contribution in [0.3, 0.4) is 0 Å². The standard InChI is InChI=1S/C24H28ClN3O2/c25-22-8-4-3-6-19(22)15-26-24(30)27-21-11-9-18(10-12-21)23(29)28-14-13-17-5-1-2-7-20(17)16-28/h3-4,6,8-12,17,20H,1-2,5,7,13-16H2,(H2,26,27,30)/t17-,20+/m1/s1. The highest BCUT2D eigenvalue weighted by atomic mass is 35.5. The van der Waals surface area contributed by atoms with Crippen molar-refractivity contribution in [2.24, 2.45) is 11.8 Å². The molecule has 5 nitrogen and oxygen atoms in total. The molecular weight excluding hydrogens is 398 g/mol. The lowest BCUT2D eigenvalue weighted by atomic mass is 9.75. The van der Waals surface area contributed by atoms with Crippen molar-refractivity contribution in [1.29, 1.82) is 0 Å². The number of nitrogens with one attached hydrogen (secondary N) is 2. The number of piperidine rings is 1. The molecule has 1 saturated carbocycles. The van der Waals surface area contributed by atoms with Crippen LogP contribution in [0.4, 0.5) is 10.5 Å². The first-order valence-electron chi connectivity index (χ1n) is 10.8. The Morgan fingerprint density at radius 3 is 2.47 bits per heavy atom. The van der Waals surface area contributed by atoms with E-state index in [9.17, 15) is 9.59 Å². The lowest BCUT2D eigenvalue weighted by Crippen LogP contribution is -2.44. The minimum atomic E-state index is -0.312. The van der Waals surface area contributed by atoms with Crippen LogP contribution in [0.2, 0.25) is 5.02 Å². The summed E-state index contributed by atoms with van der Waals surface area (Å²) in [5.74, 6) is 1.56. The second-order valence-corrected chi connectivity index (χ2v) is 8.73. The van der Waals surface area contributed by atoms with E-state index in [4.69, 9.17) is 11.6 Å². The first-order chi connectivity index (χ1) is 14.6. The van der Waals surface area contributed by atoms with Crippen LogP contribution in [-0.2, 0) is 6.54 Å². The lowest BCUT2D eigenvalue weighted by Gasteiger charge is -2.41. The van der Waals surface area contributed by atoms with E-state index in [1.54, 1.807) is 30.3 Å². The number of hydrogen-bond acceptors (Lipinski definition) is 2. The van der Waals surface area contributed by atoms with Crippen LogP contribution in [0.5, 0.6) is 0 Å². The molecule has 1 heterocycles. The van der Waals surface area contributed by atoms with Gasteiger partial charge in [-0.25, -0.2) is 4.79 Å². The number of urea groups is 1. The van der Waals surface area contributed by atoms with Gasteiger partial charge in [0.2, 0.25) is 0 Å². The fraction of sp³-hybridized carbons (Fsp3) is 0.417. The number of fused-ring (bicyclic) bond motifs is 1. The maximum atomic E-state index is 12.9. The molecule has 1 saturated heterocycles. The molecule has 0 radical (unpaired) electrons. The van der Waals surface area contributed by atoms with Crippen LogP contribution in [0.1, 0.15) is 48.0 Å². The SMILES string of the molecule is O=C(NCc1ccccc1Cl)Nc1ccc(C(=O)N2CC[C@H]3CCCC[C@H]3C2)cc1. The number of amides is 3. The van der Waals surface area contributed by atoms with Gasteiger partial charge in [-0.2, -0.15) is 0 Å². The van der Waals surface area contributed by atoms with Crippen molar-refractivity contribution in [3.63, 3.8) is 0 Å². The predicted octanol–water partition coefficient (Wildman–Crippen LogP) is 5.31. The molecule has 4 rings (SSSR count). The van der Waals surface area contributed by atoms with E-state index in [0.717, 1.165) is 31.0 Å². The van der Waals surface area contributed by atoms with E-state index < -0.39 is 0 Å². The van der Waals surface area contributed by atoms with Crippen molar-refractivity contribution < 1.29 is 9.59 Å². The van der Waals surface area contributed by atoms with E-state index in [2.05, 4.69) is 10.6 Å². The molecule has 0 bridgehead atoms. The summed E-state index contributed by atoms with van der Waals surface area (Å²) in [5.41, 5.74) is 2.18. The van der Waals surface area contributed by atoms with E-state index in [0.29, 0.717) is 28.7 Å². The minimum Gasteiger partial charge on any atom is -0.338 e. The van der Waals surface area contributed by atoms with E-state index in [1.165, 1.54) is 25.7 Å². The summed E-state index contributed by atoms with van der Waals surface area (Å²) in [6, 6.07) is 14.2.